The highest BCUT2D eigenvalue weighted by Crippen LogP contribution is 2.17. The lowest BCUT2D eigenvalue weighted by Crippen LogP contribution is -2.20. The van der Waals surface area contributed by atoms with E-state index in [1.54, 1.807) is 18.2 Å². The fourth-order valence-corrected chi connectivity index (χ4v) is 1.33. The lowest BCUT2D eigenvalue weighted by Gasteiger charge is -2.11. The summed E-state index contributed by atoms with van der Waals surface area (Å²) < 4.78 is 39.7. The van der Waals surface area contributed by atoms with E-state index in [9.17, 15) is 13.2 Å². The van der Waals surface area contributed by atoms with Crippen molar-refractivity contribution in [3.8, 4) is 0 Å². The van der Waals surface area contributed by atoms with Gasteiger partial charge in [-0.1, -0.05) is 0 Å². The molecule has 0 aliphatic carbocycles. The fraction of sp³-hybridized carbons (Fsp3) is 0.455. The largest absolute Gasteiger partial charge is 0.411 e. The SMILES string of the molecule is Cc1cc(N)ccc1NCCOCC(F)(F)F. The van der Waals surface area contributed by atoms with Crippen LogP contribution < -0.4 is 11.1 Å². The third-order valence-electron chi connectivity index (χ3n) is 2.08. The van der Waals surface area contributed by atoms with E-state index < -0.39 is 12.8 Å². The second-order valence-corrected chi connectivity index (χ2v) is 3.67. The van der Waals surface area contributed by atoms with Gasteiger partial charge >= 0.3 is 6.18 Å². The van der Waals surface area contributed by atoms with E-state index in [4.69, 9.17) is 5.73 Å². The van der Waals surface area contributed by atoms with Gasteiger partial charge in [-0.05, 0) is 30.7 Å². The fourth-order valence-electron chi connectivity index (χ4n) is 1.33. The smallest absolute Gasteiger partial charge is 0.399 e. The van der Waals surface area contributed by atoms with Gasteiger partial charge < -0.3 is 15.8 Å². The standard InChI is InChI=1S/C11H15F3N2O/c1-8-6-9(15)2-3-10(8)16-4-5-17-7-11(12,13)14/h2-3,6,16H,4-5,7,15H2,1H3. The maximum Gasteiger partial charge on any atom is 0.411 e. The molecule has 0 aliphatic heterocycles. The predicted octanol–water partition coefficient (Wildman–Crippen LogP) is 2.57. The lowest BCUT2D eigenvalue weighted by molar-refractivity contribution is -0.172. The van der Waals surface area contributed by atoms with Crippen molar-refractivity contribution in [1.29, 1.82) is 0 Å². The van der Waals surface area contributed by atoms with Crippen molar-refractivity contribution >= 4 is 11.4 Å². The van der Waals surface area contributed by atoms with Gasteiger partial charge in [-0.15, -0.1) is 0 Å². The number of nitrogen functional groups attached to an aromatic ring is 1. The van der Waals surface area contributed by atoms with Gasteiger partial charge in [0.1, 0.15) is 6.61 Å². The molecule has 1 rings (SSSR count). The zero-order chi connectivity index (χ0) is 12.9. The van der Waals surface area contributed by atoms with Gasteiger partial charge in [0.25, 0.3) is 0 Å². The number of nitrogens with two attached hydrogens (primary N) is 1. The third kappa shape index (κ3) is 5.44. The molecular formula is C11H15F3N2O. The Hall–Kier alpha value is -1.43. The van der Waals surface area contributed by atoms with Crippen molar-refractivity contribution in [3.05, 3.63) is 23.8 Å². The summed E-state index contributed by atoms with van der Waals surface area (Å²) in [6.07, 6.45) is -4.27. The molecule has 0 atom stereocenters. The van der Waals surface area contributed by atoms with E-state index in [0.717, 1.165) is 11.3 Å². The molecule has 0 amide bonds. The number of benzene rings is 1. The summed E-state index contributed by atoms with van der Waals surface area (Å²) >= 11 is 0. The summed E-state index contributed by atoms with van der Waals surface area (Å²) in [5.41, 5.74) is 8.02. The topological polar surface area (TPSA) is 47.3 Å². The maximum atomic E-state index is 11.8. The van der Waals surface area contributed by atoms with E-state index in [-0.39, 0.29) is 6.61 Å². The molecule has 6 heteroatoms. The molecule has 0 aromatic heterocycles. The average molecular weight is 248 g/mol. The normalized spacial score (nSPS) is 11.5. The molecule has 1 aromatic carbocycles. The molecule has 0 saturated heterocycles. The molecule has 0 bridgehead atoms. The molecule has 3 N–H and O–H groups in total. The van der Waals surface area contributed by atoms with Crippen LogP contribution in [0.3, 0.4) is 0 Å². The summed E-state index contributed by atoms with van der Waals surface area (Å²) in [6.45, 7) is 0.981. The Kier molecular flexibility index (Phi) is 4.62. The molecule has 17 heavy (non-hydrogen) atoms. The Labute approximate surface area is 97.8 Å². The highest BCUT2D eigenvalue weighted by molar-refractivity contribution is 5.57. The van der Waals surface area contributed by atoms with Gasteiger partial charge in [-0.3, -0.25) is 0 Å². The molecule has 0 radical (unpaired) electrons. The molecule has 0 spiro atoms. The van der Waals surface area contributed by atoms with Crippen molar-refractivity contribution in [2.45, 2.75) is 13.1 Å². The first-order valence-corrected chi connectivity index (χ1v) is 5.13. The number of hydrogen-bond donors (Lipinski definition) is 2. The van der Waals surface area contributed by atoms with Gasteiger partial charge in [-0.25, -0.2) is 0 Å². The minimum Gasteiger partial charge on any atom is -0.399 e. The first-order chi connectivity index (χ1) is 7.88. The van der Waals surface area contributed by atoms with Crippen LogP contribution in [0.4, 0.5) is 24.5 Å². The summed E-state index contributed by atoms with van der Waals surface area (Å²) in [4.78, 5) is 0. The maximum absolute atomic E-state index is 11.8. The minimum atomic E-state index is -4.27. The number of hydrogen-bond acceptors (Lipinski definition) is 3. The summed E-state index contributed by atoms with van der Waals surface area (Å²) in [6, 6.07) is 5.30. The number of alkyl halides is 3. The van der Waals surface area contributed by atoms with Crippen LogP contribution in [0.2, 0.25) is 0 Å². The Balaban J connectivity index is 2.27. The van der Waals surface area contributed by atoms with E-state index in [0.29, 0.717) is 12.2 Å². The molecule has 1 aromatic rings. The number of ether oxygens (including phenoxy) is 1. The van der Waals surface area contributed by atoms with Gasteiger partial charge in [0.05, 0.1) is 6.61 Å². The summed E-state index contributed by atoms with van der Waals surface area (Å²) in [5.74, 6) is 0. The lowest BCUT2D eigenvalue weighted by atomic mass is 10.2. The third-order valence-corrected chi connectivity index (χ3v) is 2.08. The highest BCUT2D eigenvalue weighted by atomic mass is 19.4. The first kappa shape index (κ1) is 13.6. The predicted molar refractivity (Wildman–Crippen MR) is 61.0 cm³/mol. The number of anilines is 2. The van der Waals surface area contributed by atoms with Crippen LogP contribution in [-0.4, -0.2) is 25.9 Å². The first-order valence-electron chi connectivity index (χ1n) is 5.13. The van der Waals surface area contributed by atoms with E-state index >= 15 is 0 Å². The number of rotatable bonds is 5. The van der Waals surface area contributed by atoms with Crippen molar-refractivity contribution in [2.24, 2.45) is 0 Å². The van der Waals surface area contributed by atoms with E-state index in [1.807, 2.05) is 6.92 Å². The molecular weight excluding hydrogens is 233 g/mol. The van der Waals surface area contributed by atoms with E-state index in [2.05, 4.69) is 10.1 Å². The van der Waals surface area contributed by atoms with Crippen LogP contribution in [0, 0.1) is 6.92 Å². The van der Waals surface area contributed by atoms with Crippen molar-refractivity contribution in [1.82, 2.24) is 0 Å². The van der Waals surface area contributed by atoms with Gasteiger partial charge in [0.2, 0.25) is 0 Å². The van der Waals surface area contributed by atoms with Crippen LogP contribution >= 0.6 is 0 Å². The monoisotopic (exact) mass is 248 g/mol. The second kappa shape index (κ2) is 5.77. The summed E-state index contributed by atoms with van der Waals surface area (Å²) in [7, 11) is 0. The number of aryl methyl sites for hydroxylation is 1. The Morgan fingerprint density at radius 2 is 2.06 bits per heavy atom. The Morgan fingerprint density at radius 1 is 1.35 bits per heavy atom. The van der Waals surface area contributed by atoms with Crippen molar-refractivity contribution in [3.63, 3.8) is 0 Å². The van der Waals surface area contributed by atoms with Crippen LogP contribution in [-0.2, 0) is 4.74 Å². The zero-order valence-electron chi connectivity index (χ0n) is 9.47. The molecule has 0 unspecified atom stereocenters. The van der Waals surface area contributed by atoms with Gasteiger partial charge in [0.15, 0.2) is 0 Å². The van der Waals surface area contributed by atoms with Crippen LogP contribution in [0.25, 0.3) is 0 Å². The van der Waals surface area contributed by atoms with Crippen LogP contribution in [0.1, 0.15) is 5.56 Å². The molecule has 0 saturated carbocycles. The number of halogens is 3. The molecule has 0 heterocycles. The molecule has 0 fully saturated rings. The minimum absolute atomic E-state index is 0.00330. The van der Waals surface area contributed by atoms with Crippen LogP contribution in [0.15, 0.2) is 18.2 Å². The number of nitrogens with one attached hydrogen (secondary N) is 1. The molecule has 96 valence electrons. The van der Waals surface area contributed by atoms with E-state index in [1.165, 1.54) is 0 Å². The Bertz CT molecular complexity index is 366. The molecule has 3 nitrogen and oxygen atoms in total. The molecule has 0 aliphatic rings. The second-order valence-electron chi connectivity index (χ2n) is 3.67. The quantitative estimate of drug-likeness (QED) is 0.622. The zero-order valence-corrected chi connectivity index (χ0v) is 9.47. The van der Waals surface area contributed by atoms with Crippen molar-refractivity contribution < 1.29 is 17.9 Å². The summed E-state index contributed by atoms with van der Waals surface area (Å²) in [5, 5.41) is 2.98. The van der Waals surface area contributed by atoms with Gasteiger partial charge in [-0.2, -0.15) is 13.2 Å². The van der Waals surface area contributed by atoms with Crippen molar-refractivity contribution in [2.75, 3.05) is 30.8 Å². The van der Waals surface area contributed by atoms with Gasteiger partial charge in [0, 0.05) is 17.9 Å². The average Bonchev–Trinajstić information content (AvgIpc) is 2.18. The van der Waals surface area contributed by atoms with Crippen LogP contribution in [0.5, 0.6) is 0 Å². The highest BCUT2D eigenvalue weighted by Gasteiger charge is 2.27. The Morgan fingerprint density at radius 3 is 2.65 bits per heavy atom.